The van der Waals surface area contributed by atoms with Gasteiger partial charge in [0.25, 0.3) is 0 Å². The van der Waals surface area contributed by atoms with E-state index in [1.807, 2.05) is 4.90 Å². The van der Waals surface area contributed by atoms with Crippen LogP contribution in [0.25, 0.3) is 0 Å². The van der Waals surface area contributed by atoms with Crippen molar-refractivity contribution < 1.29 is 14.4 Å². The van der Waals surface area contributed by atoms with Gasteiger partial charge in [-0.2, -0.15) is 0 Å². The molecule has 0 aliphatic rings. The van der Waals surface area contributed by atoms with E-state index in [9.17, 15) is 14.4 Å². The molecule has 6 heteroatoms. The summed E-state index contributed by atoms with van der Waals surface area (Å²) in [6, 6.07) is 0. The molecule has 0 bridgehead atoms. The molecule has 0 saturated heterocycles. The molecule has 0 saturated carbocycles. The number of carbonyl (C=O) groups is 3. The first-order valence-corrected chi connectivity index (χ1v) is 9.11. The molecule has 144 valence electrons. The highest BCUT2D eigenvalue weighted by Gasteiger charge is 2.10. The van der Waals surface area contributed by atoms with Crippen LogP contribution in [-0.2, 0) is 14.4 Å². The summed E-state index contributed by atoms with van der Waals surface area (Å²) in [4.78, 5) is 40.0. The zero-order chi connectivity index (χ0) is 19.2. The second-order valence-corrected chi connectivity index (χ2v) is 6.73. The van der Waals surface area contributed by atoms with Gasteiger partial charge in [-0.25, -0.2) is 0 Å². The van der Waals surface area contributed by atoms with E-state index in [4.69, 9.17) is 0 Å². The van der Waals surface area contributed by atoms with Crippen LogP contribution in [-0.4, -0.2) is 73.7 Å². The Bertz CT molecular complexity index is 404. The number of amides is 3. The molecule has 0 N–H and O–H groups in total. The number of hydrogen-bond donors (Lipinski definition) is 0. The smallest absolute Gasteiger partial charge is 0.245 e. The molecule has 3 amide bonds. The summed E-state index contributed by atoms with van der Waals surface area (Å²) < 4.78 is 0. The molecule has 25 heavy (non-hydrogen) atoms. The van der Waals surface area contributed by atoms with Gasteiger partial charge in [-0.1, -0.05) is 19.4 Å². The van der Waals surface area contributed by atoms with Crippen molar-refractivity contribution in [2.24, 2.45) is 0 Å². The lowest BCUT2D eigenvalue weighted by molar-refractivity contribution is -0.129. The topological polar surface area (TPSA) is 60.9 Å². The van der Waals surface area contributed by atoms with Crippen LogP contribution in [0.4, 0.5) is 0 Å². The minimum atomic E-state index is -0.0475. The summed E-state index contributed by atoms with van der Waals surface area (Å²) in [6.45, 7) is 4.95. The van der Waals surface area contributed by atoms with Crippen LogP contribution in [0, 0.1) is 0 Å². The number of hydrogen-bond acceptors (Lipinski definition) is 3. The molecule has 0 rings (SSSR count). The fourth-order valence-electron chi connectivity index (χ4n) is 2.42. The third-order valence-electron chi connectivity index (χ3n) is 4.12. The van der Waals surface area contributed by atoms with E-state index in [-0.39, 0.29) is 17.7 Å². The summed E-state index contributed by atoms with van der Waals surface area (Å²) >= 11 is 0. The molecule has 0 atom stereocenters. The number of carbonyl (C=O) groups excluding carboxylic acids is 3. The average Bonchev–Trinajstić information content (AvgIpc) is 2.57. The fraction of sp³-hybridized carbons (Fsp3) is 0.737. The van der Waals surface area contributed by atoms with Gasteiger partial charge in [-0.3, -0.25) is 14.4 Å². The predicted octanol–water partition coefficient (Wildman–Crippen LogP) is 2.30. The Morgan fingerprint density at radius 3 is 1.44 bits per heavy atom. The van der Waals surface area contributed by atoms with Crippen molar-refractivity contribution in [2.45, 2.75) is 51.4 Å². The molecule has 0 unspecified atom stereocenters. The Kier molecular flexibility index (Phi) is 12.4. The van der Waals surface area contributed by atoms with Crippen LogP contribution in [0.3, 0.4) is 0 Å². The molecular weight excluding hydrogens is 318 g/mol. The van der Waals surface area contributed by atoms with Crippen molar-refractivity contribution >= 4 is 17.7 Å². The van der Waals surface area contributed by atoms with Crippen LogP contribution in [0.2, 0.25) is 0 Å². The van der Waals surface area contributed by atoms with Crippen LogP contribution in [0.15, 0.2) is 12.7 Å². The van der Waals surface area contributed by atoms with Gasteiger partial charge in [0.1, 0.15) is 0 Å². The first-order chi connectivity index (χ1) is 11.8. The first-order valence-electron chi connectivity index (χ1n) is 9.11. The number of unbranched alkanes of at least 4 members (excludes halogenated alkanes) is 4. The lowest BCUT2D eigenvalue weighted by atomic mass is 10.1. The Hall–Kier alpha value is -1.85. The molecule has 6 nitrogen and oxygen atoms in total. The Balaban J connectivity index is 3.97. The van der Waals surface area contributed by atoms with Crippen LogP contribution in [0.5, 0.6) is 0 Å². The number of nitrogens with zero attached hydrogens (tertiary/aromatic N) is 3. The summed E-state index contributed by atoms with van der Waals surface area (Å²) in [6.07, 6.45) is 7.80. The second kappa shape index (κ2) is 13.4. The largest absolute Gasteiger partial charge is 0.349 e. The molecule has 0 radical (unpaired) electrons. The van der Waals surface area contributed by atoms with E-state index < -0.39 is 0 Å². The monoisotopic (exact) mass is 353 g/mol. The molecule has 0 heterocycles. The summed E-state index contributed by atoms with van der Waals surface area (Å²) in [5.74, 6) is 0.242. The van der Waals surface area contributed by atoms with E-state index in [0.717, 1.165) is 38.5 Å². The minimum Gasteiger partial charge on any atom is -0.349 e. The SMILES string of the molecule is C=CC(=O)N(CCCCCC(=O)N(C)C)CCCCCC(=O)N(C)C. The van der Waals surface area contributed by atoms with Crippen molar-refractivity contribution in [1.82, 2.24) is 14.7 Å². The number of rotatable bonds is 13. The Morgan fingerprint density at radius 1 is 0.720 bits per heavy atom. The van der Waals surface area contributed by atoms with Crippen molar-refractivity contribution in [3.05, 3.63) is 12.7 Å². The average molecular weight is 354 g/mol. The maximum atomic E-state index is 11.9. The van der Waals surface area contributed by atoms with E-state index in [2.05, 4.69) is 6.58 Å². The lowest BCUT2D eigenvalue weighted by Crippen LogP contribution is -2.31. The molecule has 0 spiro atoms. The molecule has 0 aliphatic heterocycles. The summed E-state index contributed by atoms with van der Waals surface area (Å²) in [5.41, 5.74) is 0. The van der Waals surface area contributed by atoms with Gasteiger partial charge in [0.15, 0.2) is 0 Å². The Morgan fingerprint density at radius 2 is 1.12 bits per heavy atom. The van der Waals surface area contributed by atoms with Crippen molar-refractivity contribution in [3.63, 3.8) is 0 Å². The summed E-state index contributed by atoms with van der Waals surface area (Å²) in [7, 11) is 7.05. The first kappa shape index (κ1) is 23.1. The van der Waals surface area contributed by atoms with Gasteiger partial charge in [-0.15, -0.1) is 0 Å². The standard InChI is InChI=1S/C19H35N3O3/c1-6-17(23)22(15-11-7-9-13-18(24)20(2)3)16-12-8-10-14-19(25)21(4)5/h6H,1,7-16H2,2-5H3. The molecule has 0 fully saturated rings. The molecular formula is C19H35N3O3. The van der Waals surface area contributed by atoms with Crippen LogP contribution < -0.4 is 0 Å². The van der Waals surface area contributed by atoms with Crippen molar-refractivity contribution in [3.8, 4) is 0 Å². The minimum absolute atomic E-state index is 0.0475. The molecule has 0 aromatic heterocycles. The maximum absolute atomic E-state index is 11.9. The quantitative estimate of drug-likeness (QED) is 0.377. The predicted molar refractivity (Wildman–Crippen MR) is 101 cm³/mol. The molecule has 0 aromatic rings. The van der Waals surface area contributed by atoms with Crippen LogP contribution >= 0.6 is 0 Å². The Labute approximate surface area is 152 Å². The highest BCUT2D eigenvalue weighted by atomic mass is 16.2. The van der Waals surface area contributed by atoms with Gasteiger partial charge in [0, 0.05) is 54.1 Å². The van der Waals surface area contributed by atoms with Gasteiger partial charge in [0.2, 0.25) is 17.7 Å². The molecule has 0 aliphatic carbocycles. The lowest BCUT2D eigenvalue weighted by Gasteiger charge is -2.21. The van der Waals surface area contributed by atoms with Gasteiger partial charge < -0.3 is 14.7 Å². The highest BCUT2D eigenvalue weighted by Crippen LogP contribution is 2.07. The summed E-state index contributed by atoms with van der Waals surface area (Å²) in [5, 5.41) is 0. The van der Waals surface area contributed by atoms with Crippen molar-refractivity contribution in [1.29, 1.82) is 0 Å². The zero-order valence-electron chi connectivity index (χ0n) is 16.4. The molecule has 0 aromatic carbocycles. The second-order valence-electron chi connectivity index (χ2n) is 6.73. The van der Waals surface area contributed by atoms with E-state index in [1.54, 1.807) is 38.0 Å². The van der Waals surface area contributed by atoms with Gasteiger partial charge in [0.05, 0.1) is 0 Å². The van der Waals surface area contributed by atoms with Gasteiger partial charge in [-0.05, 0) is 31.8 Å². The fourth-order valence-corrected chi connectivity index (χ4v) is 2.42. The third kappa shape index (κ3) is 11.3. The van der Waals surface area contributed by atoms with Crippen LogP contribution in [0.1, 0.15) is 51.4 Å². The highest BCUT2D eigenvalue weighted by molar-refractivity contribution is 5.86. The maximum Gasteiger partial charge on any atom is 0.245 e. The third-order valence-corrected chi connectivity index (χ3v) is 4.12. The van der Waals surface area contributed by atoms with Gasteiger partial charge >= 0.3 is 0 Å². The van der Waals surface area contributed by atoms with E-state index in [1.165, 1.54) is 6.08 Å². The zero-order valence-corrected chi connectivity index (χ0v) is 16.4. The van der Waals surface area contributed by atoms with Crippen molar-refractivity contribution in [2.75, 3.05) is 41.3 Å². The normalized spacial score (nSPS) is 10.2. The van der Waals surface area contributed by atoms with E-state index >= 15 is 0 Å². The van der Waals surface area contributed by atoms with E-state index in [0.29, 0.717) is 25.9 Å².